The Labute approximate surface area is 147 Å². The third-order valence-electron chi connectivity index (χ3n) is 3.04. The van der Waals surface area contributed by atoms with Crippen molar-refractivity contribution < 1.29 is 19.1 Å². The highest BCUT2D eigenvalue weighted by molar-refractivity contribution is 5.76. The fourth-order valence-corrected chi connectivity index (χ4v) is 1.76. The van der Waals surface area contributed by atoms with Gasteiger partial charge in [0.15, 0.2) is 0 Å². The Morgan fingerprint density at radius 1 is 1.08 bits per heavy atom. The summed E-state index contributed by atoms with van der Waals surface area (Å²) in [6.07, 6.45) is 3.47. The van der Waals surface area contributed by atoms with Crippen LogP contribution in [0.25, 0.3) is 0 Å². The van der Waals surface area contributed by atoms with Crippen molar-refractivity contribution in [3.05, 3.63) is 12.2 Å². The van der Waals surface area contributed by atoms with E-state index in [1.165, 1.54) is 12.2 Å². The van der Waals surface area contributed by atoms with Gasteiger partial charge in [0, 0.05) is 0 Å². The average Bonchev–Trinajstić information content (AvgIpc) is 2.47. The number of hydrogen-bond acceptors (Lipinski definition) is 7. The number of nitrogens with two attached hydrogens (primary N) is 5. The van der Waals surface area contributed by atoms with Gasteiger partial charge in [0.05, 0.1) is 12.6 Å². The maximum absolute atomic E-state index is 11.9. The number of nitrogens with zero attached hydrogens (tertiary/aromatic N) is 2. The molecule has 11 heteroatoms. The fourth-order valence-electron chi connectivity index (χ4n) is 1.76. The summed E-state index contributed by atoms with van der Waals surface area (Å²) in [7, 11) is 0. The second-order valence-electron chi connectivity index (χ2n) is 6.45. The monoisotopic (exact) mass is 359 g/mol. The summed E-state index contributed by atoms with van der Waals surface area (Å²) in [6, 6.07) is -3.20. The van der Waals surface area contributed by atoms with E-state index in [9.17, 15) is 14.4 Å². The lowest BCUT2D eigenvalue weighted by Crippen LogP contribution is -2.48. The smallest absolute Gasteiger partial charge is 0.329 e. The number of primary amides is 2. The van der Waals surface area contributed by atoms with Crippen LogP contribution in [0.15, 0.2) is 12.2 Å². The Morgan fingerprint density at radius 2 is 1.64 bits per heavy atom. The number of carbonyl (C=O) groups excluding carboxylic acids is 3. The van der Waals surface area contributed by atoms with Gasteiger partial charge in [-0.05, 0) is 33.6 Å². The third kappa shape index (κ3) is 9.49. The fraction of sp³-hybridized carbons (Fsp3) is 0.643. The Morgan fingerprint density at radius 3 is 2.08 bits per heavy atom. The van der Waals surface area contributed by atoms with Gasteiger partial charge in [-0.1, -0.05) is 12.2 Å². The number of hydrogen-bond donors (Lipinski definition) is 5. The molecule has 0 saturated carbocycles. The molecule has 4 amide bonds. The van der Waals surface area contributed by atoms with E-state index in [1.54, 1.807) is 20.8 Å². The van der Waals surface area contributed by atoms with Crippen LogP contribution in [0.4, 0.5) is 9.59 Å². The van der Waals surface area contributed by atoms with E-state index < -0.39 is 35.7 Å². The number of esters is 1. The summed E-state index contributed by atoms with van der Waals surface area (Å²) >= 11 is 0. The minimum absolute atomic E-state index is 0.0105. The van der Waals surface area contributed by atoms with Crippen molar-refractivity contribution >= 4 is 18.0 Å². The molecule has 0 heterocycles. The summed E-state index contributed by atoms with van der Waals surface area (Å²) in [5, 5.41) is 1.56. The largest absolute Gasteiger partial charge is 0.459 e. The van der Waals surface area contributed by atoms with E-state index in [4.69, 9.17) is 33.6 Å². The minimum Gasteiger partial charge on any atom is -0.459 e. The summed E-state index contributed by atoms with van der Waals surface area (Å²) in [4.78, 5) is 34.0. The van der Waals surface area contributed by atoms with Crippen LogP contribution in [-0.2, 0) is 9.53 Å². The highest BCUT2D eigenvalue weighted by Crippen LogP contribution is 2.12. The maximum Gasteiger partial charge on any atom is 0.329 e. The number of hydrazine groups is 2. The first kappa shape index (κ1) is 22.6. The average molecular weight is 359 g/mol. The SMILES string of the molecule is CC(C)(C)OC(=O)C(N)CCC(/C=C/CN(N)C(N)=O)N(N)C(N)=O. The molecule has 2 unspecified atom stereocenters. The molecule has 25 heavy (non-hydrogen) atoms. The van der Waals surface area contributed by atoms with E-state index in [0.29, 0.717) is 0 Å². The molecule has 0 aliphatic rings. The van der Waals surface area contributed by atoms with Crippen LogP contribution in [0.5, 0.6) is 0 Å². The van der Waals surface area contributed by atoms with Crippen molar-refractivity contribution in [3.63, 3.8) is 0 Å². The Kier molecular flexibility index (Phi) is 8.88. The quantitative estimate of drug-likeness (QED) is 0.119. The number of amides is 4. The molecule has 0 aliphatic heterocycles. The molecule has 0 aromatic carbocycles. The Hall–Kier alpha value is -2.37. The molecule has 144 valence electrons. The van der Waals surface area contributed by atoms with Crippen LogP contribution >= 0.6 is 0 Å². The van der Waals surface area contributed by atoms with Gasteiger partial charge in [-0.2, -0.15) is 0 Å². The van der Waals surface area contributed by atoms with E-state index in [2.05, 4.69) is 0 Å². The predicted molar refractivity (Wildman–Crippen MR) is 92.1 cm³/mol. The zero-order valence-electron chi connectivity index (χ0n) is 14.8. The van der Waals surface area contributed by atoms with Crippen LogP contribution in [0.3, 0.4) is 0 Å². The van der Waals surface area contributed by atoms with Crippen LogP contribution < -0.4 is 28.9 Å². The van der Waals surface area contributed by atoms with Gasteiger partial charge in [0.2, 0.25) is 0 Å². The summed E-state index contributed by atoms with van der Waals surface area (Å²) in [5.74, 6) is 10.4. The lowest BCUT2D eigenvalue weighted by molar-refractivity contribution is -0.156. The van der Waals surface area contributed by atoms with Gasteiger partial charge < -0.3 is 21.9 Å². The van der Waals surface area contributed by atoms with E-state index in [-0.39, 0.29) is 19.4 Å². The van der Waals surface area contributed by atoms with E-state index >= 15 is 0 Å². The molecule has 0 bridgehead atoms. The zero-order chi connectivity index (χ0) is 19.8. The Bertz CT molecular complexity index is 504. The third-order valence-corrected chi connectivity index (χ3v) is 3.04. The van der Waals surface area contributed by atoms with Crippen molar-refractivity contribution in [1.29, 1.82) is 0 Å². The first-order valence-corrected chi connectivity index (χ1v) is 7.65. The summed E-state index contributed by atoms with van der Waals surface area (Å²) in [6.45, 7) is 5.20. The van der Waals surface area contributed by atoms with Crippen LogP contribution in [0, 0.1) is 0 Å². The summed E-state index contributed by atoms with van der Waals surface area (Å²) in [5.41, 5.74) is 15.3. The van der Waals surface area contributed by atoms with Gasteiger partial charge in [0.25, 0.3) is 0 Å². The van der Waals surface area contributed by atoms with Crippen LogP contribution in [-0.4, -0.2) is 52.3 Å². The standard InChI is InChI=1S/C14H29N7O4/c1-14(2,3)25-11(22)10(15)7-6-9(21(19)13(17)24)5-4-8-20(18)12(16)23/h4-5,9-10H,6-8,15,18-19H2,1-3H3,(H2,16,23)(H2,17,24)/b5-4+. The van der Waals surface area contributed by atoms with E-state index in [1.807, 2.05) is 0 Å². The van der Waals surface area contributed by atoms with Crippen molar-refractivity contribution in [3.8, 4) is 0 Å². The van der Waals surface area contributed by atoms with Crippen molar-refractivity contribution in [1.82, 2.24) is 10.0 Å². The predicted octanol–water partition coefficient (Wildman–Crippen LogP) is -1.13. The Balaban J connectivity index is 4.80. The van der Waals surface area contributed by atoms with E-state index in [0.717, 1.165) is 10.0 Å². The highest BCUT2D eigenvalue weighted by atomic mass is 16.6. The number of carbonyl (C=O) groups is 3. The van der Waals surface area contributed by atoms with Crippen LogP contribution in [0.2, 0.25) is 0 Å². The van der Waals surface area contributed by atoms with Gasteiger partial charge in [0.1, 0.15) is 11.6 Å². The van der Waals surface area contributed by atoms with Crippen molar-refractivity contribution in [2.24, 2.45) is 28.9 Å². The minimum atomic E-state index is -0.881. The molecule has 0 rings (SSSR count). The first-order chi connectivity index (χ1) is 11.3. The molecule has 10 N–H and O–H groups in total. The maximum atomic E-state index is 11.9. The molecule has 0 aromatic heterocycles. The van der Waals surface area contributed by atoms with Crippen molar-refractivity contribution in [2.45, 2.75) is 51.3 Å². The molecular formula is C14H29N7O4. The topological polar surface area (TPSA) is 197 Å². The molecule has 0 aliphatic carbocycles. The molecule has 0 aromatic rings. The summed E-state index contributed by atoms with van der Waals surface area (Å²) < 4.78 is 5.19. The molecular weight excluding hydrogens is 330 g/mol. The molecule has 0 saturated heterocycles. The van der Waals surface area contributed by atoms with Crippen LogP contribution in [0.1, 0.15) is 33.6 Å². The molecule has 0 spiro atoms. The lowest BCUT2D eigenvalue weighted by Gasteiger charge is -2.26. The number of ether oxygens (including phenoxy) is 1. The second-order valence-corrected chi connectivity index (χ2v) is 6.45. The van der Waals surface area contributed by atoms with Gasteiger partial charge >= 0.3 is 18.0 Å². The lowest BCUT2D eigenvalue weighted by atomic mass is 10.1. The molecule has 0 fully saturated rings. The number of rotatable bonds is 8. The highest BCUT2D eigenvalue weighted by Gasteiger charge is 2.24. The zero-order valence-corrected chi connectivity index (χ0v) is 14.8. The normalized spacial score (nSPS) is 14.0. The molecule has 0 radical (unpaired) electrons. The second kappa shape index (κ2) is 9.81. The van der Waals surface area contributed by atoms with Gasteiger partial charge in [-0.25, -0.2) is 21.3 Å². The van der Waals surface area contributed by atoms with Gasteiger partial charge in [-0.3, -0.25) is 14.8 Å². The van der Waals surface area contributed by atoms with Crippen molar-refractivity contribution in [2.75, 3.05) is 6.54 Å². The first-order valence-electron chi connectivity index (χ1n) is 7.65. The van der Waals surface area contributed by atoms with Gasteiger partial charge in [-0.15, -0.1) is 0 Å². The molecule has 11 nitrogen and oxygen atoms in total. The molecule has 2 atom stereocenters. The number of urea groups is 2.